The molecule has 0 heterocycles. The number of rotatable bonds is 12. The number of benzene rings is 3. The molecule has 10 nitrogen and oxygen atoms in total. The Kier molecular flexibility index (Phi) is 9.47. The highest BCUT2D eigenvalue weighted by atomic mass is 32.2. The van der Waals surface area contributed by atoms with Gasteiger partial charge in [-0.1, -0.05) is 30.3 Å². The van der Waals surface area contributed by atoms with Crippen molar-refractivity contribution >= 4 is 22.1 Å². The number of amides is 1. The van der Waals surface area contributed by atoms with Gasteiger partial charge in [0.2, 0.25) is 15.8 Å². The second-order valence-electron chi connectivity index (χ2n) is 7.69. The van der Waals surface area contributed by atoms with E-state index in [2.05, 4.69) is 10.5 Å². The second kappa shape index (κ2) is 12.7. The summed E-state index contributed by atoms with van der Waals surface area (Å²) in [5, 5.41) is 3.97. The van der Waals surface area contributed by atoms with Crippen LogP contribution in [0, 0.1) is 0 Å². The van der Waals surface area contributed by atoms with Crippen LogP contribution in [-0.4, -0.2) is 59.8 Å². The summed E-state index contributed by atoms with van der Waals surface area (Å²) in [6, 6.07) is 18.3. The van der Waals surface area contributed by atoms with Crippen molar-refractivity contribution in [2.45, 2.75) is 11.4 Å². The lowest BCUT2D eigenvalue weighted by atomic mass is 10.2. The number of methoxy groups -OCH3 is 4. The van der Waals surface area contributed by atoms with Gasteiger partial charge in [0.05, 0.1) is 46.1 Å². The minimum absolute atomic E-state index is 0.000779. The van der Waals surface area contributed by atoms with Gasteiger partial charge in [0.15, 0.2) is 11.5 Å². The summed E-state index contributed by atoms with van der Waals surface area (Å²) in [6.45, 7) is -0.449. The predicted molar refractivity (Wildman–Crippen MR) is 139 cm³/mol. The minimum Gasteiger partial charge on any atom is -0.497 e. The summed E-state index contributed by atoms with van der Waals surface area (Å²) in [5.41, 5.74) is 3.69. The maximum atomic E-state index is 13.4. The number of hydrazone groups is 1. The van der Waals surface area contributed by atoms with Gasteiger partial charge in [-0.2, -0.15) is 9.41 Å². The highest BCUT2D eigenvalue weighted by molar-refractivity contribution is 7.89. The molecule has 0 spiro atoms. The maximum absolute atomic E-state index is 13.4. The molecular weight excluding hydrogens is 498 g/mol. The minimum atomic E-state index is -4.00. The number of hydrogen-bond acceptors (Lipinski definition) is 8. The topological polar surface area (TPSA) is 116 Å². The van der Waals surface area contributed by atoms with Gasteiger partial charge in [0.25, 0.3) is 5.91 Å². The van der Waals surface area contributed by atoms with E-state index in [0.717, 1.165) is 9.87 Å². The molecule has 3 aromatic rings. The van der Waals surface area contributed by atoms with Crippen molar-refractivity contribution in [1.29, 1.82) is 0 Å². The number of nitrogens with one attached hydrogen (secondary N) is 1. The number of sulfonamides is 1. The Labute approximate surface area is 216 Å². The molecule has 0 aromatic heterocycles. The molecule has 11 heteroatoms. The number of carbonyl (C=O) groups is 1. The average molecular weight is 528 g/mol. The highest BCUT2D eigenvalue weighted by Crippen LogP contribution is 2.37. The Morgan fingerprint density at radius 2 is 1.51 bits per heavy atom. The lowest BCUT2D eigenvalue weighted by Crippen LogP contribution is -2.39. The van der Waals surface area contributed by atoms with Gasteiger partial charge in [-0.25, -0.2) is 13.8 Å². The quantitative estimate of drug-likeness (QED) is 0.284. The van der Waals surface area contributed by atoms with Crippen LogP contribution in [0.5, 0.6) is 23.0 Å². The molecule has 0 atom stereocenters. The summed E-state index contributed by atoms with van der Waals surface area (Å²) >= 11 is 0. The standard InChI is InChI=1S/C26H29N3O7S/c1-33-21-10-12-22(13-11-21)37(31,32)29(17-19-8-6-5-7-9-19)18-25(30)28-27-16-20-14-23(34-2)26(36-4)24(15-20)35-3/h5-16H,17-18H2,1-4H3,(H,28,30)/b27-16-. The molecule has 0 aliphatic rings. The van der Waals surface area contributed by atoms with Crippen molar-refractivity contribution < 1.29 is 32.2 Å². The summed E-state index contributed by atoms with van der Waals surface area (Å²) in [4.78, 5) is 12.8. The monoisotopic (exact) mass is 527 g/mol. The molecule has 1 amide bonds. The Hall–Kier alpha value is -4.09. The molecule has 3 rings (SSSR count). The van der Waals surface area contributed by atoms with Crippen LogP contribution >= 0.6 is 0 Å². The van der Waals surface area contributed by atoms with Crippen LogP contribution in [0.3, 0.4) is 0 Å². The van der Waals surface area contributed by atoms with E-state index in [0.29, 0.717) is 28.6 Å². The first-order valence-electron chi connectivity index (χ1n) is 11.1. The third-order valence-corrected chi connectivity index (χ3v) is 7.11. The molecule has 0 bridgehead atoms. The lowest BCUT2D eigenvalue weighted by Gasteiger charge is -2.21. The zero-order valence-corrected chi connectivity index (χ0v) is 21.8. The van der Waals surface area contributed by atoms with Crippen LogP contribution in [0.4, 0.5) is 0 Å². The van der Waals surface area contributed by atoms with Crippen LogP contribution < -0.4 is 24.4 Å². The molecule has 0 aliphatic heterocycles. The van der Waals surface area contributed by atoms with Gasteiger partial charge in [0, 0.05) is 12.1 Å². The Morgan fingerprint density at radius 3 is 2.05 bits per heavy atom. The lowest BCUT2D eigenvalue weighted by molar-refractivity contribution is -0.121. The van der Waals surface area contributed by atoms with Crippen LogP contribution in [0.25, 0.3) is 0 Å². The molecule has 0 saturated heterocycles. The third kappa shape index (κ3) is 6.99. The van der Waals surface area contributed by atoms with E-state index >= 15 is 0 Å². The Balaban J connectivity index is 1.79. The fourth-order valence-corrected chi connectivity index (χ4v) is 4.84. The van der Waals surface area contributed by atoms with Crippen molar-refractivity contribution in [2.24, 2.45) is 5.10 Å². The van der Waals surface area contributed by atoms with Crippen LogP contribution in [0.2, 0.25) is 0 Å². The third-order valence-electron chi connectivity index (χ3n) is 5.31. The SMILES string of the molecule is COc1ccc(S(=O)(=O)N(CC(=O)N/N=C\c2cc(OC)c(OC)c(OC)c2)Cc2ccccc2)cc1. The molecule has 196 valence electrons. The predicted octanol–water partition coefficient (Wildman–Crippen LogP) is 3.06. The smallest absolute Gasteiger partial charge is 0.255 e. The van der Waals surface area contributed by atoms with Gasteiger partial charge in [-0.05, 0) is 42.0 Å². The summed E-state index contributed by atoms with van der Waals surface area (Å²) in [7, 11) is 1.97. The number of ether oxygens (including phenoxy) is 4. The van der Waals surface area contributed by atoms with Crippen molar-refractivity contribution in [3.63, 3.8) is 0 Å². The van der Waals surface area contributed by atoms with Crippen molar-refractivity contribution in [2.75, 3.05) is 35.0 Å². The van der Waals surface area contributed by atoms with E-state index in [1.165, 1.54) is 46.8 Å². The molecule has 3 aromatic carbocycles. The van der Waals surface area contributed by atoms with Gasteiger partial charge in [-0.15, -0.1) is 0 Å². The van der Waals surface area contributed by atoms with Crippen molar-refractivity contribution in [3.05, 3.63) is 77.9 Å². The van der Waals surface area contributed by atoms with Crippen LogP contribution in [0.15, 0.2) is 76.7 Å². The fourth-order valence-electron chi connectivity index (χ4n) is 3.46. The summed E-state index contributed by atoms with van der Waals surface area (Å²) in [5.74, 6) is 1.18. The van der Waals surface area contributed by atoms with Gasteiger partial charge >= 0.3 is 0 Å². The summed E-state index contributed by atoms with van der Waals surface area (Å²) < 4.78 is 48.9. The van der Waals surface area contributed by atoms with E-state index < -0.39 is 22.5 Å². The van der Waals surface area contributed by atoms with Crippen molar-refractivity contribution in [1.82, 2.24) is 9.73 Å². The molecule has 0 saturated carbocycles. The van der Waals surface area contributed by atoms with E-state index in [1.807, 2.05) is 6.07 Å². The van der Waals surface area contributed by atoms with E-state index in [-0.39, 0.29) is 11.4 Å². The molecule has 0 fully saturated rings. The zero-order chi connectivity index (χ0) is 26.8. The van der Waals surface area contributed by atoms with Crippen LogP contribution in [0.1, 0.15) is 11.1 Å². The first-order valence-corrected chi connectivity index (χ1v) is 12.6. The first kappa shape index (κ1) is 27.5. The highest BCUT2D eigenvalue weighted by Gasteiger charge is 2.27. The van der Waals surface area contributed by atoms with E-state index in [4.69, 9.17) is 18.9 Å². The van der Waals surface area contributed by atoms with Crippen molar-refractivity contribution in [3.8, 4) is 23.0 Å². The molecule has 0 radical (unpaired) electrons. The molecular formula is C26H29N3O7S. The Morgan fingerprint density at radius 1 is 0.892 bits per heavy atom. The molecule has 0 aliphatic carbocycles. The van der Waals surface area contributed by atoms with Gasteiger partial charge in [-0.3, -0.25) is 4.79 Å². The number of nitrogens with zero attached hydrogens (tertiary/aromatic N) is 2. The first-order chi connectivity index (χ1) is 17.8. The van der Waals surface area contributed by atoms with Crippen LogP contribution in [-0.2, 0) is 21.4 Å². The normalized spacial score (nSPS) is 11.4. The molecule has 1 N–H and O–H groups in total. The Bertz CT molecular complexity index is 1300. The molecule has 37 heavy (non-hydrogen) atoms. The van der Waals surface area contributed by atoms with E-state index in [1.54, 1.807) is 48.5 Å². The number of carbonyl (C=O) groups excluding carboxylic acids is 1. The average Bonchev–Trinajstić information content (AvgIpc) is 2.92. The fraction of sp³-hybridized carbons (Fsp3) is 0.231. The number of hydrogen-bond donors (Lipinski definition) is 1. The largest absolute Gasteiger partial charge is 0.497 e. The summed E-state index contributed by atoms with van der Waals surface area (Å²) in [6.07, 6.45) is 1.39. The zero-order valence-electron chi connectivity index (χ0n) is 21.0. The van der Waals surface area contributed by atoms with Gasteiger partial charge in [0.1, 0.15) is 5.75 Å². The van der Waals surface area contributed by atoms with Gasteiger partial charge < -0.3 is 18.9 Å². The molecule has 0 unspecified atom stereocenters. The second-order valence-corrected chi connectivity index (χ2v) is 9.62. The maximum Gasteiger partial charge on any atom is 0.255 e. The van der Waals surface area contributed by atoms with E-state index in [9.17, 15) is 13.2 Å².